The molecular formula is C35H52N8O7. The van der Waals surface area contributed by atoms with Crippen molar-refractivity contribution in [3.63, 3.8) is 0 Å². The lowest BCUT2D eigenvalue weighted by atomic mass is 10.00. The Bertz CT molecular complexity index is 1540. The standard InChI is InChI=1S/C35H52N8O7/c1-20(2)14-28-35(50)43-18-23(44)16-29(43)34(49)36-13-9-8-12-26(39-30(45)19-42(4)5)32(47)38-21(3)31(46)40-27(33(48)41-28)15-22-17-37-25-11-7-6-10-24(22)25/h6-7,10-11,17,20-21,23,26-29,37,44H,8-9,12-16,18-19H2,1-5H3,(H,36,49)(H,38,47)(H,39,45)(H,40,46)(H,41,48)/t21-,23-,26+,27+,28-,29+/m1/s1. The number of hydrogen-bond acceptors (Lipinski definition) is 8. The monoisotopic (exact) mass is 696 g/mol. The van der Waals surface area contributed by atoms with Crippen molar-refractivity contribution < 1.29 is 33.9 Å². The molecule has 0 radical (unpaired) electrons. The predicted molar refractivity (Wildman–Crippen MR) is 186 cm³/mol. The molecule has 7 N–H and O–H groups in total. The van der Waals surface area contributed by atoms with Crippen molar-refractivity contribution in [1.29, 1.82) is 0 Å². The Morgan fingerprint density at radius 2 is 1.70 bits per heavy atom. The fraction of sp³-hybridized carbons (Fsp3) is 0.600. The summed E-state index contributed by atoms with van der Waals surface area (Å²) in [4.78, 5) is 87.3. The first-order valence-electron chi connectivity index (χ1n) is 17.4. The second-order valence-electron chi connectivity index (χ2n) is 14.1. The van der Waals surface area contributed by atoms with Gasteiger partial charge in [0.1, 0.15) is 30.2 Å². The van der Waals surface area contributed by atoms with Crippen LogP contribution in [0, 0.1) is 5.92 Å². The van der Waals surface area contributed by atoms with Gasteiger partial charge in [-0.2, -0.15) is 0 Å². The number of aromatic amines is 1. The fourth-order valence-corrected chi connectivity index (χ4v) is 6.48. The number of fused-ring (bicyclic) bond motifs is 2. The van der Waals surface area contributed by atoms with E-state index in [-0.39, 0.29) is 57.1 Å². The van der Waals surface area contributed by atoms with E-state index >= 15 is 0 Å². The van der Waals surface area contributed by atoms with Gasteiger partial charge in [0.2, 0.25) is 35.4 Å². The Morgan fingerprint density at radius 3 is 2.42 bits per heavy atom. The van der Waals surface area contributed by atoms with E-state index in [2.05, 4.69) is 31.6 Å². The third-order valence-electron chi connectivity index (χ3n) is 9.00. The Labute approximate surface area is 292 Å². The van der Waals surface area contributed by atoms with Crippen LogP contribution >= 0.6 is 0 Å². The molecule has 274 valence electrons. The maximum Gasteiger partial charge on any atom is 0.245 e. The topological polar surface area (TPSA) is 205 Å². The first kappa shape index (κ1) is 38.3. The van der Waals surface area contributed by atoms with Crippen LogP contribution in [-0.4, -0.2) is 125 Å². The van der Waals surface area contributed by atoms with E-state index in [1.54, 1.807) is 25.2 Å². The fourth-order valence-electron chi connectivity index (χ4n) is 6.48. The highest BCUT2D eigenvalue weighted by molar-refractivity contribution is 5.97. The molecule has 4 rings (SSSR count). The lowest BCUT2D eigenvalue weighted by molar-refractivity contribution is -0.142. The number of rotatable bonds is 7. The maximum absolute atomic E-state index is 14.1. The highest BCUT2D eigenvalue weighted by Gasteiger charge is 2.42. The third-order valence-corrected chi connectivity index (χ3v) is 9.00. The number of aromatic nitrogens is 1. The number of aliphatic hydroxyl groups excluding tert-OH is 1. The Morgan fingerprint density at radius 1 is 0.980 bits per heavy atom. The second kappa shape index (κ2) is 17.4. The van der Waals surface area contributed by atoms with E-state index in [0.717, 1.165) is 16.5 Å². The number of benzene rings is 1. The molecule has 6 atom stereocenters. The summed E-state index contributed by atoms with van der Waals surface area (Å²) in [5.74, 6) is -3.10. The van der Waals surface area contributed by atoms with Gasteiger partial charge in [-0.05, 0) is 64.3 Å². The largest absolute Gasteiger partial charge is 0.391 e. The number of nitrogens with zero attached hydrogens (tertiary/aromatic N) is 2. The average Bonchev–Trinajstić information content (AvgIpc) is 3.65. The molecule has 0 saturated carbocycles. The summed E-state index contributed by atoms with van der Waals surface area (Å²) in [7, 11) is 3.46. The van der Waals surface area contributed by atoms with Crippen molar-refractivity contribution in [2.45, 2.75) is 95.6 Å². The number of amides is 6. The molecule has 2 aliphatic rings. The first-order chi connectivity index (χ1) is 23.7. The zero-order chi connectivity index (χ0) is 36.5. The maximum atomic E-state index is 14.1. The minimum atomic E-state index is -1.15. The Balaban J connectivity index is 1.66. The van der Waals surface area contributed by atoms with Gasteiger partial charge in [-0.1, -0.05) is 32.0 Å². The van der Waals surface area contributed by atoms with Crippen molar-refractivity contribution in [3.05, 3.63) is 36.0 Å². The van der Waals surface area contributed by atoms with Crippen LogP contribution in [0.25, 0.3) is 10.9 Å². The van der Waals surface area contributed by atoms with Gasteiger partial charge in [0.15, 0.2) is 0 Å². The molecule has 0 bridgehead atoms. The van der Waals surface area contributed by atoms with Crippen LogP contribution in [0.15, 0.2) is 30.5 Å². The van der Waals surface area contributed by atoms with E-state index in [1.807, 2.05) is 38.1 Å². The molecule has 2 saturated heterocycles. The number of aliphatic hydroxyl groups is 1. The van der Waals surface area contributed by atoms with E-state index in [9.17, 15) is 33.9 Å². The molecule has 3 heterocycles. The SMILES string of the molecule is CC(C)C[C@H]1NC(=O)[C@H](Cc2c[nH]c3ccccc23)NC(=O)[C@@H](C)NC(=O)[C@@H](NC(=O)CN(C)C)CCCCNC(=O)[C@@H]2C[C@@H](O)CN2C1=O. The van der Waals surface area contributed by atoms with Crippen LogP contribution in [0.2, 0.25) is 0 Å². The summed E-state index contributed by atoms with van der Waals surface area (Å²) in [6.07, 6.45) is 2.40. The van der Waals surface area contributed by atoms with Gasteiger partial charge < -0.3 is 46.5 Å². The summed E-state index contributed by atoms with van der Waals surface area (Å²) in [5.41, 5.74) is 1.60. The molecule has 15 heteroatoms. The van der Waals surface area contributed by atoms with Gasteiger partial charge in [0.25, 0.3) is 0 Å². The molecule has 15 nitrogen and oxygen atoms in total. The molecule has 50 heavy (non-hydrogen) atoms. The van der Waals surface area contributed by atoms with Crippen molar-refractivity contribution >= 4 is 46.3 Å². The molecule has 1 aromatic carbocycles. The van der Waals surface area contributed by atoms with Crippen LogP contribution in [0.1, 0.15) is 58.4 Å². The highest BCUT2D eigenvalue weighted by Crippen LogP contribution is 2.23. The zero-order valence-corrected chi connectivity index (χ0v) is 29.6. The van der Waals surface area contributed by atoms with Gasteiger partial charge >= 0.3 is 0 Å². The summed E-state index contributed by atoms with van der Waals surface area (Å²) in [6.45, 7) is 5.55. The number of H-pyrrole nitrogens is 1. The van der Waals surface area contributed by atoms with Gasteiger partial charge in [0.05, 0.1) is 12.6 Å². The molecule has 6 amide bonds. The van der Waals surface area contributed by atoms with E-state index < -0.39 is 65.8 Å². The molecule has 0 unspecified atom stereocenters. The van der Waals surface area contributed by atoms with E-state index in [0.29, 0.717) is 12.8 Å². The van der Waals surface area contributed by atoms with Gasteiger partial charge in [-0.3, -0.25) is 28.8 Å². The van der Waals surface area contributed by atoms with Crippen molar-refractivity contribution in [1.82, 2.24) is 41.4 Å². The average molecular weight is 697 g/mol. The summed E-state index contributed by atoms with van der Waals surface area (Å²) in [5, 5.41) is 25.3. The number of carbonyl (C=O) groups excluding carboxylic acids is 6. The van der Waals surface area contributed by atoms with Crippen molar-refractivity contribution in [2.75, 3.05) is 33.7 Å². The highest BCUT2D eigenvalue weighted by atomic mass is 16.3. The number of likely N-dealkylation sites (N-methyl/N-ethyl adjacent to an activating group) is 1. The van der Waals surface area contributed by atoms with Crippen molar-refractivity contribution in [3.8, 4) is 0 Å². The third kappa shape index (κ3) is 10.3. The predicted octanol–water partition coefficient (Wildman–Crippen LogP) is -0.461. The van der Waals surface area contributed by atoms with Crippen LogP contribution in [-0.2, 0) is 35.2 Å². The number of nitrogens with one attached hydrogen (secondary N) is 6. The Kier molecular flexibility index (Phi) is 13.4. The number of carbonyl (C=O) groups is 6. The van der Waals surface area contributed by atoms with Crippen LogP contribution in [0.4, 0.5) is 0 Å². The normalized spacial score (nSPS) is 26.4. The molecule has 0 aliphatic carbocycles. The lowest BCUT2D eigenvalue weighted by Crippen LogP contribution is -2.59. The molecule has 2 aromatic rings. The van der Waals surface area contributed by atoms with Gasteiger partial charge in [-0.25, -0.2) is 0 Å². The first-order valence-corrected chi connectivity index (χ1v) is 17.4. The van der Waals surface area contributed by atoms with Crippen LogP contribution in [0.3, 0.4) is 0 Å². The lowest BCUT2D eigenvalue weighted by Gasteiger charge is -2.30. The van der Waals surface area contributed by atoms with Gasteiger partial charge in [-0.15, -0.1) is 0 Å². The molecule has 1 aromatic heterocycles. The van der Waals surface area contributed by atoms with Crippen molar-refractivity contribution in [2.24, 2.45) is 5.92 Å². The molecule has 2 aliphatic heterocycles. The van der Waals surface area contributed by atoms with Crippen LogP contribution < -0.4 is 26.6 Å². The molecular weight excluding hydrogens is 644 g/mol. The number of hydrogen-bond donors (Lipinski definition) is 7. The quantitative estimate of drug-likeness (QED) is 0.201. The summed E-state index contributed by atoms with van der Waals surface area (Å²) >= 11 is 0. The summed E-state index contributed by atoms with van der Waals surface area (Å²) in [6, 6.07) is 2.39. The van der Waals surface area contributed by atoms with E-state index in [4.69, 9.17) is 0 Å². The second-order valence-corrected chi connectivity index (χ2v) is 14.1. The Hall–Kier alpha value is -4.50. The van der Waals surface area contributed by atoms with Crippen LogP contribution in [0.5, 0.6) is 0 Å². The minimum Gasteiger partial charge on any atom is -0.391 e. The zero-order valence-electron chi connectivity index (χ0n) is 29.6. The minimum absolute atomic E-state index is 0.0197. The molecule has 0 spiro atoms. The molecule has 2 fully saturated rings. The smallest absolute Gasteiger partial charge is 0.245 e. The number of para-hydroxylation sites is 1. The summed E-state index contributed by atoms with van der Waals surface area (Å²) < 4.78 is 0. The van der Waals surface area contributed by atoms with E-state index in [1.165, 1.54) is 11.8 Å². The van der Waals surface area contributed by atoms with Gasteiger partial charge in [0, 0.05) is 43.0 Å².